The maximum Gasteiger partial charge on any atom is 0.188 e. The molecule has 0 aliphatic heterocycles. The molecule has 0 amide bonds. The molecule has 0 spiro atoms. The minimum Gasteiger partial charge on any atom is -0.319 e. The Morgan fingerprint density at radius 3 is 2.59 bits per heavy atom. The lowest BCUT2D eigenvalue weighted by Crippen LogP contribution is -2.45. The summed E-state index contributed by atoms with van der Waals surface area (Å²) in [7, 11) is 0. The van der Waals surface area contributed by atoms with Crippen LogP contribution in [0.15, 0.2) is 16.6 Å². The predicted octanol–water partition coefficient (Wildman–Crippen LogP) is 3.43. The average molecular weight is 306 g/mol. The summed E-state index contributed by atoms with van der Waals surface area (Å²) >= 11 is 2.92. The van der Waals surface area contributed by atoms with Crippen LogP contribution >= 0.6 is 15.9 Å². The zero-order valence-electron chi connectivity index (χ0n) is 9.69. The van der Waals surface area contributed by atoms with E-state index in [4.69, 9.17) is 5.73 Å². The lowest BCUT2D eigenvalue weighted by molar-refractivity contribution is 0.0884. The first-order valence-electron chi connectivity index (χ1n) is 5.28. The fourth-order valence-electron chi connectivity index (χ4n) is 1.65. The van der Waals surface area contributed by atoms with Crippen LogP contribution < -0.4 is 5.73 Å². The van der Waals surface area contributed by atoms with Crippen molar-refractivity contribution in [3.63, 3.8) is 0 Å². The molecule has 0 radical (unpaired) electrons. The lowest BCUT2D eigenvalue weighted by Gasteiger charge is -2.23. The molecule has 1 rings (SSSR count). The zero-order chi connectivity index (χ0) is 13.2. The lowest BCUT2D eigenvalue weighted by atomic mass is 9.87. The van der Waals surface area contributed by atoms with Gasteiger partial charge in [-0.3, -0.25) is 4.79 Å². The molecular formula is C12H14BrF2NO. The summed E-state index contributed by atoms with van der Waals surface area (Å²) < 4.78 is 27.3. The second-order valence-electron chi connectivity index (χ2n) is 4.21. The van der Waals surface area contributed by atoms with E-state index in [0.717, 1.165) is 6.07 Å². The van der Waals surface area contributed by atoms with Crippen molar-refractivity contribution in [2.45, 2.75) is 32.2 Å². The van der Waals surface area contributed by atoms with Gasteiger partial charge in [-0.1, -0.05) is 13.3 Å². The summed E-state index contributed by atoms with van der Waals surface area (Å²) in [5, 5.41) is 0. The molecular weight excluding hydrogens is 292 g/mol. The minimum atomic E-state index is -1.25. The Bertz CT molecular complexity index is 446. The predicted molar refractivity (Wildman–Crippen MR) is 65.9 cm³/mol. The van der Waals surface area contributed by atoms with Crippen LogP contribution in [0.5, 0.6) is 0 Å². The summed E-state index contributed by atoms with van der Waals surface area (Å²) in [6.07, 6.45) is 1.03. The molecule has 2 N–H and O–H groups in total. The summed E-state index contributed by atoms with van der Waals surface area (Å²) in [6.45, 7) is 3.34. The third-order valence-corrected chi connectivity index (χ3v) is 3.17. The van der Waals surface area contributed by atoms with Crippen LogP contribution in [-0.4, -0.2) is 11.3 Å². The number of carbonyl (C=O) groups excluding carboxylic acids is 1. The Kier molecular flexibility index (Phi) is 4.38. The first-order chi connectivity index (χ1) is 7.81. The molecule has 0 heterocycles. The summed E-state index contributed by atoms with van der Waals surface area (Å²) in [6, 6.07) is 2.26. The van der Waals surface area contributed by atoms with Crippen LogP contribution in [0.4, 0.5) is 8.78 Å². The number of carbonyl (C=O) groups is 1. The fraction of sp³-hybridized carbons (Fsp3) is 0.417. The normalized spacial score (nSPS) is 14.5. The standard InChI is InChI=1S/C12H14BrF2NO/c1-3-6-12(2,16)11(17)9-8(14)5-4-7(13)10(9)15/h4-5H,3,6,16H2,1-2H3. The van der Waals surface area contributed by atoms with Gasteiger partial charge < -0.3 is 5.73 Å². The maximum absolute atomic E-state index is 13.7. The molecule has 0 fully saturated rings. The van der Waals surface area contributed by atoms with Crippen molar-refractivity contribution in [3.05, 3.63) is 33.8 Å². The third-order valence-electron chi connectivity index (χ3n) is 2.56. The van der Waals surface area contributed by atoms with Crippen LogP contribution in [0.2, 0.25) is 0 Å². The molecule has 0 aromatic heterocycles. The van der Waals surface area contributed by atoms with Gasteiger partial charge in [-0.2, -0.15) is 0 Å². The van der Waals surface area contributed by atoms with Crippen molar-refractivity contribution in [1.29, 1.82) is 0 Å². The summed E-state index contributed by atoms with van der Waals surface area (Å²) in [5.74, 6) is -2.50. The first-order valence-corrected chi connectivity index (χ1v) is 6.07. The van der Waals surface area contributed by atoms with Crippen molar-refractivity contribution in [2.75, 3.05) is 0 Å². The minimum absolute atomic E-state index is 0.0505. The Balaban J connectivity index is 3.26. The van der Waals surface area contributed by atoms with Gasteiger partial charge in [0.05, 0.1) is 15.6 Å². The molecule has 17 heavy (non-hydrogen) atoms. The van der Waals surface area contributed by atoms with Crippen molar-refractivity contribution < 1.29 is 13.6 Å². The smallest absolute Gasteiger partial charge is 0.188 e. The first kappa shape index (κ1) is 14.3. The van der Waals surface area contributed by atoms with Crippen molar-refractivity contribution in [3.8, 4) is 0 Å². The number of ketones is 1. The van der Waals surface area contributed by atoms with Gasteiger partial charge in [0.15, 0.2) is 11.6 Å². The van der Waals surface area contributed by atoms with Crippen molar-refractivity contribution >= 4 is 21.7 Å². The van der Waals surface area contributed by atoms with Crippen LogP contribution in [0.3, 0.4) is 0 Å². The number of hydrogen-bond donors (Lipinski definition) is 1. The monoisotopic (exact) mass is 305 g/mol. The quantitative estimate of drug-likeness (QED) is 0.684. The van der Waals surface area contributed by atoms with E-state index in [-0.39, 0.29) is 4.47 Å². The van der Waals surface area contributed by atoms with Gasteiger partial charge >= 0.3 is 0 Å². The fourth-order valence-corrected chi connectivity index (χ4v) is 1.98. The molecule has 1 unspecified atom stereocenters. The molecule has 2 nitrogen and oxygen atoms in total. The highest BCUT2D eigenvalue weighted by atomic mass is 79.9. The van der Waals surface area contributed by atoms with E-state index in [0.29, 0.717) is 12.8 Å². The van der Waals surface area contributed by atoms with Gasteiger partial charge in [0, 0.05) is 0 Å². The number of rotatable bonds is 4. The van der Waals surface area contributed by atoms with Crippen LogP contribution in [0.25, 0.3) is 0 Å². The Labute approximate surface area is 107 Å². The number of nitrogens with two attached hydrogens (primary N) is 1. The Hall–Kier alpha value is -0.810. The van der Waals surface area contributed by atoms with Crippen LogP contribution in [-0.2, 0) is 0 Å². The van der Waals surface area contributed by atoms with E-state index in [1.54, 1.807) is 0 Å². The SMILES string of the molecule is CCCC(C)(N)C(=O)c1c(F)ccc(Br)c1F. The Morgan fingerprint density at radius 1 is 1.47 bits per heavy atom. The molecule has 0 bridgehead atoms. The maximum atomic E-state index is 13.7. The van der Waals surface area contributed by atoms with E-state index < -0.39 is 28.5 Å². The van der Waals surface area contributed by atoms with Crippen LogP contribution in [0.1, 0.15) is 37.0 Å². The van der Waals surface area contributed by atoms with Crippen molar-refractivity contribution in [2.24, 2.45) is 5.73 Å². The highest BCUT2D eigenvalue weighted by Crippen LogP contribution is 2.26. The number of halogens is 3. The van der Waals surface area contributed by atoms with Gasteiger partial charge in [-0.25, -0.2) is 8.78 Å². The molecule has 1 atom stereocenters. The van der Waals surface area contributed by atoms with Gasteiger partial charge in [0.1, 0.15) is 5.82 Å². The van der Waals surface area contributed by atoms with Gasteiger partial charge in [0.2, 0.25) is 0 Å². The molecule has 1 aromatic rings. The highest BCUT2D eigenvalue weighted by Gasteiger charge is 2.33. The molecule has 0 saturated carbocycles. The third kappa shape index (κ3) is 2.90. The van der Waals surface area contributed by atoms with Crippen LogP contribution in [0, 0.1) is 11.6 Å². The second-order valence-corrected chi connectivity index (χ2v) is 5.07. The summed E-state index contributed by atoms with van der Waals surface area (Å²) in [5.41, 5.74) is 3.97. The highest BCUT2D eigenvalue weighted by molar-refractivity contribution is 9.10. The number of benzene rings is 1. The molecule has 0 aliphatic carbocycles. The number of hydrogen-bond acceptors (Lipinski definition) is 2. The van der Waals surface area contributed by atoms with E-state index in [9.17, 15) is 13.6 Å². The Morgan fingerprint density at radius 2 is 2.06 bits per heavy atom. The largest absolute Gasteiger partial charge is 0.319 e. The molecule has 0 aliphatic rings. The second kappa shape index (κ2) is 5.23. The van der Waals surface area contributed by atoms with E-state index in [2.05, 4.69) is 15.9 Å². The topological polar surface area (TPSA) is 43.1 Å². The zero-order valence-corrected chi connectivity index (χ0v) is 11.3. The summed E-state index contributed by atoms with van der Waals surface area (Å²) in [4.78, 5) is 12.0. The number of Topliss-reactive ketones (excluding diaryl/α,β-unsaturated/α-hetero) is 1. The van der Waals surface area contributed by atoms with E-state index in [1.165, 1.54) is 13.0 Å². The molecule has 94 valence electrons. The molecule has 0 saturated heterocycles. The average Bonchev–Trinajstić information content (AvgIpc) is 2.24. The van der Waals surface area contributed by atoms with Gasteiger partial charge in [0.25, 0.3) is 0 Å². The van der Waals surface area contributed by atoms with Gasteiger partial charge in [-0.15, -0.1) is 0 Å². The van der Waals surface area contributed by atoms with Gasteiger partial charge in [-0.05, 0) is 41.4 Å². The van der Waals surface area contributed by atoms with Crippen molar-refractivity contribution in [1.82, 2.24) is 0 Å². The van der Waals surface area contributed by atoms with E-state index >= 15 is 0 Å². The van der Waals surface area contributed by atoms with E-state index in [1.807, 2.05) is 6.92 Å². The molecule has 1 aromatic carbocycles. The molecule has 5 heteroatoms.